The summed E-state index contributed by atoms with van der Waals surface area (Å²) < 4.78 is 0. The van der Waals surface area contributed by atoms with Crippen molar-refractivity contribution < 1.29 is 0 Å². The van der Waals surface area contributed by atoms with Crippen LogP contribution in [-0.4, -0.2) is 6.04 Å². The predicted molar refractivity (Wildman–Crippen MR) is 118 cm³/mol. The molecule has 0 heterocycles. The largest absolute Gasteiger partial charge is 0.399 e. The lowest BCUT2D eigenvalue weighted by Crippen LogP contribution is -2.54. The Kier molecular flexibility index (Phi) is 4.31. The Balaban J connectivity index is 1.83. The van der Waals surface area contributed by atoms with Gasteiger partial charge in [-0.15, -0.1) is 0 Å². The molecule has 0 aromatic heterocycles. The Morgan fingerprint density at radius 3 is 2.07 bits per heavy atom. The number of benzene rings is 3. The van der Waals surface area contributed by atoms with Gasteiger partial charge in [-0.25, -0.2) is 5.43 Å². The van der Waals surface area contributed by atoms with Gasteiger partial charge in [0.05, 0.1) is 0 Å². The van der Waals surface area contributed by atoms with Crippen LogP contribution in [0, 0.1) is 0 Å². The highest BCUT2D eigenvalue weighted by Crippen LogP contribution is 2.53. The van der Waals surface area contributed by atoms with Crippen molar-refractivity contribution in [2.75, 3.05) is 16.9 Å². The van der Waals surface area contributed by atoms with Crippen LogP contribution in [0.1, 0.15) is 37.5 Å². The number of hydrazine groups is 1. The lowest BCUT2D eigenvalue weighted by atomic mass is 9.70. The molecule has 1 aliphatic rings. The summed E-state index contributed by atoms with van der Waals surface area (Å²) in [6.07, 6.45) is 0. The SMILES string of the molecule is CC1(C)c2ccc(N)cc2C(C)(c2ccc(N)cc2)C1NNc1ccccc1. The van der Waals surface area contributed by atoms with Crippen LogP contribution in [0.25, 0.3) is 0 Å². The first kappa shape index (κ1) is 18.4. The van der Waals surface area contributed by atoms with E-state index in [9.17, 15) is 0 Å². The van der Waals surface area contributed by atoms with Crippen molar-refractivity contribution in [1.82, 2.24) is 5.43 Å². The third kappa shape index (κ3) is 2.81. The Hall–Kier alpha value is -2.98. The monoisotopic (exact) mass is 372 g/mol. The molecule has 4 nitrogen and oxygen atoms in total. The highest BCUT2D eigenvalue weighted by Gasteiger charge is 2.54. The lowest BCUT2D eigenvalue weighted by Gasteiger charge is -2.40. The van der Waals surface area contributed by atoms with E-state index in [4.69, 9.17) is 11.5 Å². The predicted octanol–water partition coefficient (Wildman–Crippen LogP) is 4.43. The van der Waals surface area contributed by atoms with Crippen molar-refractivity contribution in [3.63, 3.8) is 0 Å². The maximum absolute atomic E-state index is 6.20. The topological polar surface area (TPSA) is 76.1 Å². The van der Waals surface area contributed by atoms with E-state index in [0.29, 0.717) is 0 Å². The lowest BCUT2D eigenvalue weighted by molar-refractivity contribution is 0.301. The van der Waals surface area contributed by atoms with Crippen molar-refractivity contribution in [3.8, 4) is 0 Å². The van der Waals surface area contributed by atoms with Crippen LogP contribution in [0.5, 0.6) is 0 Å². The van der Waals surface area contributed by atoms with Crippen LogP contribution >= 0.6 is 0 Å². The Labute approximate surface area is 166 Å². The fourth-order valence-electron chi connectivity index (χ4n) is 4.74. The zero-order valence-electron chi connectivity index (χ0n) is 16.7. The molecule has 0 saturated heterocycles. The highest BCUT2D eigenvalue weighted by atomic mass is 15.4. The van der Waals surface area contributed by atoms with Crippen LogP contribution < -0.4 is 22.3 Å². The molecule has 0 spiro atoms. The average Bonchev–Trinajstić information content (AvgIpc) is 2.85. The van der Waals surface area contributed by atoms with Gasteiger partial charge in [0.2, 0.25) is 0 Å². The summed E-state index contributed by atoms with van der Waals surface area (Å²) in [5.74, 6) is 0. The van der Waals surface area contributed by atoms with E-state index in [-0.39, 0.29) is 16.9 Å². The highest BCUT2D eigenvalue weighted by molar-refractivity contribution is 5.61. The number of fused-ring (bicyclic) bond motifs is 1. The van der Waals surface area contributed by atoms with E-state index in [1.54, 1.807) is 0 Å². The second kappa shape index (κ2) is 6.57. The van der Waals surface area contributed by atoms with Crippen molar-refractivity contribution in [3.05, 3.63) is 89.5 Å². The first-order chi connectivity index (χ1) is 13.3. The molecule has 144 valence electrons. The summed E-state index contributed by atoms with van der Waals surface area (Å²) in [6.45, 7) is 6.86. The van der Waals surface area contributed by atoms with Crippen LogP contribution in [0.15, 0.2) is 72.8 Å². The molecule has 0 bridgehead atoms. The summed E-state index contributed by atoms with van der Waals surface area (Å²) in [4.78, 5) is 0. The van der Waals surface area contributed by atoms with Crippen LogP contribution in [0.4, 0.5) is 17.1 Å². The maximum atomic E-state index is 6.20. The van der Waals surface area contributed by atoms with Crippen molar-refractivity contribution in [2.24, 2.45) is 0 Å². The van der Waals surface area contributed by atoms with Gasteiger partial charge in [0.25, 0.3) is 0 Å². The fraction of sp³-hybridized carbons (Fsp3) is 0.250. The Bertz CT molecular complexity index is 979. The van der Waals surface area contributed by atoms with Gasteiger partial charge in [-0.2, -0.15) is 0 Å². The van der Waals surface area contributed by atoms with Gasteiger partial charge in [0, 0.05) is 33.9 Å². The molecule has 0 aliphatic heterocycles. The average molecular weight is 373 g/mol. The first-order valence-corrected chi connectivity index (χ1v) is 9.66. The van der Waals surface area contributed by atoms with E-state index < -0.39 is 0 Å². The maximum Gasteiger partial charge on any atom is 0.0487 e. The Morgan fingerprint density at radius 2 is 1.39 bits per heavy atom. The van der Waals surface area contributed by atoms with Gasteiger partial charge in [-0.1, -0.05) is 50.2 Å². The van der Waals surface area contributed by atoms with Crippen LogP contribution in [-0.2, 0) is 10.8 Å². The van der Waals surface area contributed by atoms with Crippen LogP contribution in [0.2, 0.25) is 0 Å². The second-order valence-corrected chi connectivity index (χ2v) is 8.42. The van der Waals surface area contributed by atoms with E-state index >= 15 is 0 Å². The molecule has 4 rings (SSSR count). The van der Waals surface area contributed by atoms with E-state index in [1.165, 1.54) is 16.7 Å². The number of nitrogens with two attached hydrogens (primary N) is 2. The number of anilines is 3. The minimum Gasteiger partial charge on any atom is -0.399 e. The molecular formula is C24H28N4. The molecule has 2 atom stereocenters. The van der Waals surface area contributed by atoms with Crippen molar-refractivity contribution >= 4 is 17.1 Å². The number of hydrogen-bond acceptors (Lipinski definition) is 4. The quantitative estimate of drug-likeness (QED) is 0.404. The smallest absolute Gasteiger partial charge is 0.0487 e. The number of nitrogen functional groups attached to an aromatic ring is 2. The zero-order valence-corrected chi connectivity index (χ0v) is 16.7. The Morgan fingerprint density at radius 1 is 0.750 bits per heavy atom. The molecule has 6 N–H and O–H groups in total. The number of rotatable bonds is 4. The number of nitrogens with one attached hydrogen (secondary N) is 2. The summed E-state index contributed by atoms with van der Waals surface area (Å²) in [5, 5.41) is 0. The van der Waals surface area contributed by atoms with Crippen molar-refractivity contribution in [2.45, 2.75) is 37.6 Å². The minimum absolute atomic E-state index is 0.0978. The number of para-hydroxylation sites is 1. The molecule has 1 aliphatic carbocycles. The van der Waals surface area contributed by atoms with Gasteiger partial charge in [0.1, 0.15) is 0 Å². The van der Waals surface area contributed by atoms with Gasteiger partial charge in [0.15, 0.2) is 0 Å². The van der Waals surface area contributed by atoms with Gasteiger partial charge >= 0.3 is 0 Å². The zero-order chi connectivity index (χ0) is 19.9. The summed E-state index contributed by atoms with van der Waals surface area (Å²) in [7, 11) is 0. The van der Waals surface area contributed by atoms with Gasteiger partial charge in [-0.3, -0.25) is 0 Å². The van der Waals surface area contributed by atoms with Crippen LogP contribution in [0.3, 0.4) is 0 Å². The fourth-order valence-corrected chi connectivity index (χ4v) is 4.74. The molecule has 0 fully saturated rings. The summed E-state index contributed by atoms with van der Waals surface area (Å²) in [6, 6.07) is 24.8. The van der Waals surface area contributed by atoms with E-state index in [2.05, 4.69) is 68.0 Å². The molecule has 3 aromatic rings. The van der Waals surface area contributed by atoms with E-state index in [1.807, 2.05) is 36.4 Å². The molecular weight excluding hydrogens is 344 g/mol. The van der Waals surface area contributed by atoms with E-state index in [0.717, 1.165) is 17.1 Å². The first-order valence-electron chi connectivity index (χ1n) is 9.66. The standard InChI is InChI=1S/C24H28N4/c1-23(2)20-14-13-18(26)15-21(20)24(3,16-9-11-17(25)12-10-16)22(23)28-27-19-7-5-4-6-8-19/h4-15,22,27-28H,25-26H2,1-3H3. The summed E-state index contributed by atoms with van der Waals surface area (Å²) >= 11 is 0. The molecule has 0 amide bonds. The molecule has 3 aromatic carbocycles. The molecule has 2 unspecified atom stereocenters. The molecule has 28 heavy (non-hydrogen) atoms. The van der Waals surface area contributed by atoms with Gasteiger partial charge in [-0.05, 0) is 60.0 Å². The summed E-state index contributed by atoms with van der Waals surface area (Å²) in [5.41, 5.74) is 25.2. The number of hydrogen-bond donors (Lipinski definition) is 4. The normalized spacial score (nSPS) is 22.6. The third-order valence-electron chi connectivity index (χ3n) is 6.24. The second-order valence-electron chi connectivity index (χ2n) is 8.42. The van der Waals surface area contributed by atoms with Gasteiger partial charge < -0.3 is 16.9 Å². The molecule has 0 saturated carbocycles. The third-order valence-corrected chi connectivity index (χ3v) is 6.24. The minimum atomic E-state index is -0.274. The molecule has 4 heteroatoms. The molecule has 0 radical (unpaired) electrons. The van der Waals surface area contributed by atoms with Crippen molar-refractivity contribution in [1.29, 1.82) is 0 Å².